The Kier molecular flexibility index (Phi) is 4.30. The normalized spacial score (nSPS) is 10.3. The highest BCUT2D eigenvalue weighted by Gasteiger charge is 2.14. The van der Waals surface area contributed by atoms with Crippen molar-refractivity contribution < 1.29 is 9.53 Å². The van der Waals surface area contributed by atoms with Crippen LogP contribution in [0.4, 0.5) is 5.69 Å². The van der Waals surface area contributed by atoms with Crippen LogP contribution in [0.15, 0.2) is 36.4 Å². The summed E-state index contributed by atoms with van der Waals surface area (Å²) in [7, 11) is 0. The van der Waals surface area contributed by atoms with Crippen molar-refractivity contribution in [3.8, 4) is 0 Å². The number of benzene rings is 2. The topological polar surface area (TPSA) is 52.3 Å². The van der Waals surface area contributed by atoms with Crippen molar-refractivity contribution in [2.24, 2.45) is 0 Å². The molecule has 0 aliphatic heterocycles. The van der Waals surface area contributed by atoms with Crippen molar-refractivity contribution in [3.63, 3.8) is 0 Å². The number of hydrogen-bond acceptors (Lipinski definition) is 3. The Morgan fingerprint density at radius 2 is 1.75 bits per heavy atom. The molecule has 0 unspecified atom stereocenters. The molecule has 2 aromatic rings. The fourth-order valence-electron chi connectivity index (χ4n) is 2.00. The van der Waals surface area contributed by atoms with Crippen LogP contribution in [0.2, 0.25) is 5.02 Å². The van der Waals surface area contributed by atoms with Crippen LogP contribution in [0.1, 0.15) is 27.0 Å². The monoisotopic (exact) mass is 289 g/mol. The fourth-order valence-corrected chi connectivity index (χ4v) is 2.20. The van der Waals surface area contributed by atoms with Crippen molar-refractivity contribution in [2.75, 3.05) is 5.73 Å². The number of nitrogen functional groups attached to an aromatic ring is 1. The van der Waals surface area contributed by atoms with E-state index in [1.807, 2.05) is 32.0 Å². The molecule has 0 saturated heterocycles. The molecular formula is C16H16ClNO2. The summed E-state index contributed by atoms with van der Waals surface area (Å²) in [5, 5.41) is 0.235. The van der Waals surface area contributed by atoms with Crippen molar-refractivity contribution in [1.29, 1.82) is 0 Å². The lowest BCUT2D eigenvalue weighted by Crippen LogP contribution is -2.08. The maximum Gasteiger partial charge on any atom is 0.340 e. The van der Waals surface area contributed by atoms with Crippen molar-refractivity contribution in [2.45, 2.75) is 20.5 Å². The second kappa shape index (κ2) is 5.97. The zero-order valence-electron chi connectivity index (χ0n) is 11.4. The minimum atomic E-state index is -0.468. The first-order chi connectivity index (χ1) is 9.50. The van der Waals surface area contributed by atoms with Gasteiger partial charge in [0.25, 0.3) is 0 Å². The average molecular weight is 290 g/mol. The van der Waals surface area contributed by atoms with Gasteiger partial charge in [0.2, 0.25) is 0 Å². The van der Waals surface area contributed by atoms with E-state index in [9.17, 15) is 4.79 Å². The van der Waals surface area contributed by atoms with Crippen LogP contribution < -0.4 is 5.73 Å². The molecule has 0 atom stereocenters. The molecule has 0 spiro atoms. The lowest BCUT2D eigenvalue weighted by Gasteiger charge is -2.11. The van der Waals surface area contributed by atoms with Crippen molar-refractivity contribution in [3.05, 3.63) is 63.7 Å². The molecule has 0 amide bonds. The maximum absolute atomic E-state index is 12.1. The number of nitrogens with two attached hydrogens (primary N) is 1. The second-order valence-corrected chi connectivity index (χ2v) is 5.03. The van der Waals surface area contributed by atoms with E-state index in [-0.39, 0.29) is 17.2 Å². The van der Waals surface area contributed by atoms with E-state index in [1.54, 1.807) is 18.2 Å². The summed E-state index contributed by atoms with van der Waals surface area (Å²) in [6.07, 6.45) is 0. The number of halogens is 1. The summed E-state index contributed by atoms with van der Waals surface area (Å²) < 4.78 is 5.33. The fraction of sp³-hybridized carbons (Fsp3) is 0.188. The van der Waals surface area contributed by atoms with E-state index < -0.39 is 5.97 Å². The zero-order chi connectivity index (χ0) is 14.7. The van der Waals surface area contributed by atoms with Crippen LogP contribution in [-0.4, -0.2) is 5.97 Å². The molecule has 2 aromatic carbocycles. The third-order valence-electron chi connectivity index (χ3n) is 3.24. The minimum absolute atomic E-state index is 0.225. The van der Waals surface area contributed by atoms with Gasteiger partial charge in [-0.15, -0.1) is 0 Å². The Bertz CT molecular complexity index is 633. The van der Waals surface area contributed by atoms with Crippen LogP contribution in [0.5, 0.6) is 0 Å². The quantitative estimate of drug-likeness (QED) is 0.689. The largest absolute Gasteiger partial charge is 0.457 e. The van der Waals surface area contributed by atoms with Gasteiger partial charge in [0, 0.05) is 0 Å². The Morgan fingerprint density at radius 1 is 1.15 bits per heavy atom. The van der Waals surface area contributed by atoms with Gasteiger partial charge in [-0.05, 0) is 42.7 Å². The van der Waals surface area contributed by atoms with Gasteiger partial charge in [-0.25, -0.2) is 4.79 Å². The van der Waals surface area contributed by atoms with Crippen molar-refractivity contribution in [1.82, 2.24) is 0 Å². The molecule has 0 aliphatic carbocycles. The van der Waals surface area contributed by atoms with E-state index in [0.29, 0.717) is 5.69 Å². The van der Waals surface area contributed by atoms with Gasteiger partial charge in [0.05, 0.1) is 16.3 Å². The molecule has 3 nitrogen and oxygen atoms in total. The highest BCUT2D eigenvalue weighted by atomic mass is 35.5. The Balaban J connectivity index is 2.15. The maximum atomic E-state index is 12.1. The minimum Gasteiger partial charge on any atom is -0.457 e. The third kappa shape index (κ3) is 2.94. The van der Waals surface area contributed by atoms with E-state index >= 15 is 0 Å². The van der Waals surface area contributed by atoms with Crippen LogP contribution >= 0.6 is 11.6 Å². The van der Waals surface area contributed by atoms with Gasteiger partial charge in [-0.2, -0.15) is 0 Å². The molecule has 4 heteroatoms. The number of anilines is 1. The summed E-state index contributed by atoms with van der Waals surface area (Å²) in [6, 6.07) is 10.9. The first kappa shape index (κ1) is 14.4. The SMILES string of the molecule is Cc1cccc(C)c1COC(=O)c1cccc(N)c1Cl. The van der Waals surface area contributed by atoms with Crippen LogP contribution in [0.3, 0.4) is 0 Å². The molecule has 104 valence electrons. The van der Waals surface area contributed by atoms with Gasteiger partial charge in [0.15, 0.2) is 0 Å². The predicted molar refractivity (Wildman–Crippen MR) is 80.9 cm³/mol. The predicted octanol–water partition coefficient (Wildman–Crippen LogP) is 3.90. The van der Waals surface area contributed by atoms with Crippen LogP contribution in [0.25, 0.3) is 0 Å². The lowest BCUT2D eigenvalue weighted by molar-refractivity contribution is 0.0472. The highest BCUT2D eigenvalue weighted by Crippen LogP contribution is 2.24. The van der Waals surface area contributed by atoms with Gasteiger partial charge < -0.3 is 10.5 Å². The molecule has 20 heavy (non-hydrogen) atoms. The Labute approximate surface area is 123 Å². The first-order valence-corrected chi connectivity index (χ1v) is 6.64. The molecule has 2 N–H and O–H groups in total. The number of esters is 1. The van der Waals surface area contributed by atoms with E-state index in [2.05, 4.69) is 0 Å². The Hall–Kier alpha value is -2.00. The van der Waals surface area contributed by atoms with Gasteiger partial charge in [-0.3, -0.25) is 0 Å². The summed E-state index contributed by atoms with van der Waals surface area (Å²) in [5.74, 6) is -0.468. The smallest absolute Gasteiger partial charge is 0.340 e. The number of carbonyl (C=O) groups is 1. The standard InChI is InChI=1S/C16H16ClNO2/c1-10-5-3-6-11(2)13(10)9-20-16(19)12-7-4-8-14(18)15(12)17/h3-8H,9,18H2,1-2H3. The molecule has 0 radical (unpaired) electrons. The molecule has 0 bridgehead atoms. The molecule has 0 fully saturated rings. The zero-order valence-corrected chi connectivity index (χ0v) is 12.2. The van der Waals surface area contributed by atoms with Gasteiger partial charge in [-0.1, -0.05) is 35.9 Å². The molecule has 0 aromatic heterocycles. The summed E-state index contributed by atoms with van der Waals surface area (Å²) in [5.41, 5.74) is 9.54. The number of ether oxygens (including phenoxy) is 1. The lowest BCUT2D eigenvalue weighted by atomic mass is 10.0. The van der Waals surface area contributed by atoms with Gasteiger partial charge >= 0.3 is 5.97 Å². The molecule has 0 saturated carbocycles. The summed E-state index contributed by atoms with van der Waals surface area (Å²) in [4.78, 5) is 12.1. The number of aryl methyl sites for hydroxylation is 2. The number of carbonyl (C=O) groups excluding carboxylic acids is 1. The molecule has 0 heterocycles. The average Bonchev–Trinajstić information content (AvgIpc) is 2.41. The first-order valence-electron chi connectivity index (χ1n) is 6.27. The highest BCUT2D eigenvalue weighted by molar-refractivity contribution is 6.36. The Morgan fingerprint density at radius 3 is 2.40 bits per heavy atom. The number of hydrogen-bond donors (Lipinski definition) is 1. The molecular weight excluding hydrogens is 274 g/mol. The van der Waals surface area contributed by atoms with Gasteiger partial charge in [0.1, 0.15) is 6.61 Å². The third-order valence-corrected chi connectivity index (χ3v) is 3.66. The molecule has 2 rings (SSSR count). The van der Waals surface area contributed by atoms with E-state index in [4.69, 9.17) is 22.1 Å². The van der Waals surface area contributed by atoms with E-state index in [0.717, 1.165) is 16.7 Å². The van der Waals surface area contributed by atoms with Crippen molar-refractivity contribution >= 4 is 23.3 Å². The van der Waals surface area contributed by atoms with Crippen LogP contribution in [-0.2, 0) is 11.3 Å². The summed E-state index contributed by atoms with van der Waals surface area (Å²) in [6.45, 7) is 4.20. The van der Waals surface area contributed by atoms with E-state index in [1.165, 1.54) is 0 Å². The molecule has 0 aliphatic rings. The number of rotatable bonds is 3. The van der Waals surface area contributed by atoms with Crippen LogP contribution in [0, 0.1) is 13.8 Å². The second-order valence-electron chi connectivity index (χ2n) is 4.66. The summed E-state index contributed by atoms with van der Waals surface area (Å²) >= 11 is 6.01.